The summed E-state index contributed by atoms with van der Waals surface area (Å²) in [7, 11) is -7.38. The lowest BCUT2D eigenvalue weighted by Gasteiger charge is -2.26. The molecule has 2 fully saturated rings. The molecule has 2 heterocycles. The summed E-state index contributed by atoms with van der Waals surface area (Å²) in [5.41, 5.74) is 1.36. The Kier molecular flexibility index (Phi) is 12.8. The average molecular weight is 771 g/mol. The minimum Gasteiger partial charge on any atom is -0.322 e. The van der Waals surface area contributed by atoms with E-state index in [1.165, 1.54) is 64.1 Å². The molecule has 15 heteroatoms. The van der Waals surface area contributed by atoms with Gasteiger partial charge in [-0.3, -0.25) is 9.59 Å². The highest BCUT2D eigenvalue weighted by atomic mass is 32.2. The largest absolute Gasteiger partial charge is 0.322 e. The van der Waals surface area contributed by atoms with Crippen LogP contribution in [-0.2, 0) is 20.0 Å². The quantitative estimate of drug-likeness (QED) is 0.194. The molecule has 2 aliphatic rings. The molecular formula is C38H41F3N4O6S2. The number of carbonyl (C=O) groups is 2. The molecule has 0 bridgehead atoms. The first-order valence-electron chi connectivity index (χ1n) is 17.2. The average Bonchev–Trinajstić information content (AvgIpc) is 3.15. The van der Waals surface area contributed by atoms with Crippen molar-refractivity contribution < 1.29 is 39.6 Å². The first-order valence-corrected chi connectivity index (χ1v) is 20.1. The molecule has 10 nitrogen and oxygen atoms in total. The lowest BCUT2D eigenvalue weighted by Crippen LogP contribution is -2.35. The summed E-state index contributed by atoms with van der Waals surface area (Å²) in [4.78, 5) is 24.9. The van der Waals surface area contributed by atoms with E-state index in [0.29, 0.717) is 48.7 Å². The van der Waals surface area contributed by atoms with Crippen LogP contribution in [0.5, 0.6) is 0 Å². The number of anilines is 2. The topological polar surface area (TPSA) is 133 Å². The maximum Gasteiger partial charge on any atom is 0.258 e. The van der Waals surface area contributed by atoms with Gasteiger partial charge in [-0.25, -0.2) is 30.0 Å². The summed E-state index contributed by atoms with van der Waals surface area (Å²) in [6.07, 6.45) is 5.26. The van der Waals surface area contributed by atoms with Crippen molar-refractivity contribution in [1.82, 2.24) is 8.61 Å². The van der Waals surface area contributed by atoms with Crippen LogP contribution in [0.25, 0.3) is 0 Å². The van der Waals surface area contributed by atoms with Crippen LogP contribution >= 0.6 is 0 Å². The van der Waals surface area contributed by atoms with Crippen molar-refractivity contribution in [2.24, 2.45) is 0 Å². The van der Waals surface area contributed by atoms with Crippen LogP contribution < -0.4 is 10.6 Å². The van der Waals surface area contributed by atoms with Crippen molar-refractivity contribution in [1.29, 1.82) is 0 Å². The van der Waals surface area contributed by atoms with Crippen LogP contribution in [0.3, 0.4) is 0 Å². The molecule has 0 unspecified atom stereocenters. The van der Waals surface area contributed by atoms with Crippen molar-refractivity contribution in [2.75, 3.05) is 36.8 Å². The number of hydrogen-bond donors (Lipinski definition) is 2. The van der Waals surface area contributed by atoms with Crippen LogP contribution in [0.4, 0.5) is 24.5 Å². The molecule has 282 valence electrons. The van der Waals surface area contributed by atoms with Crippen molar-refractivity contribution in [3.05, 3.63) is 119 Å². The van der Waals surface area contributed by atoms with Crippen LogP contribution in [-0.4, -0.2) is 63.4 Å². The fourth-order valence-corrected chi connectivity index (χ4v) is 9.10. The summed E-state index contributed by atoms with van der Waals surface area (Å²) in [5, 5.41) is 5.14. The van der Waals surface area contributed by atoms with Crippen LogP contribution in [0.1, 0.15) is 70.4 Å². The molecule has 6 rings (SSSR count). The number of halogens is 3. The Labute approximate surface area is 308 Å². The molecule has 2 saturated heterocycles. The number of rotatable bonds is 8. The van der Waals surface area contributed by atoms with E-state index >= 15 is 0 Å². The van der Waals surface area contributed by atoms with E-state index in [-0.39, 0.29) is 26.7 Å². The van der Waals surface area contributed by atoms with E-state index in [1.54, 1.807) is 19.1 Å². The Morgan fingerprint density at radius 2 is 1.00 bits per heavy atom. The SMILES string of the molecule is Cc1cc(NC(=O)c2cc(S(=O)(=O)N3CCCCC3)ccc2F)ccc1F.Cc1cc(NC(=O)c2cccc(S(=O)(=O)N3CCCCC3)c2)ccc1F. The smallest absolute Gasteiger partial charge is 0.258 e. The Balaban J connectivity index is 0.000000204. The number of aryl methyl sites for hydroxylation is 2. The third kappa shape index (κ3) is 9.71. The zero-order valence-corrected chi connectivity index (χ0v) is 31.0. The van der Waals surface area contributed by atoms with Crippen LogP contribution in [0.2, 0.25) is 0 Å². The molecule has 4 aromatic carbocycles. The maximum atomic E-state index is 14.2. The molecule has 0 saturated carbocycles. The molecule has 53 heavy (non-hydrogen) atoms. The summed E-state index contributed by atoms with van der Waals surface area (Å²) < 4.78 is 94.7. The second-order valence-electron chi connectivity index (χ2n) is 12.9. The number of piperidine rings is 2. The minimum absolute atomic E-state index is 0.113. The summed E-state index contributed by atoms with van der Waals surface area (Å²) in [6.45, 7) is 4.99. The van der Waals surface area contributed by atoms with Gasteiger partial charge in [-0.05, 0) is 123 Å². The van der Waals surface area contributed by atoms with Gasteiger partial charge in [0.25, 0.3) is 11.8 Å². The molecular weight excluding hydrogens is 730 g/mol. The third-order valence-electron chi connectivity index (χ3n) is 9.02. The monoisotopic (exact) mass is 770 g/mol. The molecule has 2 aliphatic heterocycles. The lowest BCUT2D eigenvalue weighted by molar-refractivity contribution is 0.101. The van der Waals surface area contributed by atoms with Crippen molar-refractivity contribution >= 4 is 43.2 Å². The van der Waals surface area contributed by atoms with Crippen molar-refractivity contribution in [3.8, 4) is 0 Å². The zero-order chi connectivity index (χ0) is 38.3. The Morgan fingerprint density at radius 1 is 0.547 bits per heavy atom. The van der Waals surface area contributed by atoms with E-state index in [1.807, 2.05) is 0 Å². The molecule has 2 N–H and O–H groups in total. The van der Waals surface area contributed by atoms with Crippen LogP contribution in [0.15, 0.2) is 88.7 Å². The highest BCUT2D eigenvalue weighted by Gasteiger charge is 2.28. The first-order chi connectivity index (χ1) is 25.2. The maximum absolute atomic E-state index is 14.2. The number of amides is 2. The predicted octanol–water partition coefficient (Wildman–Crippen LogP) is 7.26. The van der Waals surface area contributed by atoms with Gasteiger partial charge in [0.05, 0.1) is 15.4 Å². The molecule has 2 amide bonds. The van der Waals surface area contributed by atoms with Crippen LogP contribution in [0, 0.1) is 31.3 Å². The highest BCUT2D eigenvalue weighted by molar-refractivity contribution is 7.89. The fraction of sp³-hybridized carbons (Fsp3) is 0.316. The number of nitrogens with one attached hydrogen (secondary N) is 2. The van der Waals surface area contributed by atoms with E-state index in [4.69, 9.17) is 0 Å². The van der Waals surface area contributed by atoms with E-state index in [2.05, 4.69) is 10.6 Å². The summed E-state index contributed by atoms with van der Waals surface area (Å²) >= 11 is 0. The molecule has 0 atom stereocenters. The number of sulfonamides is 2. The second kappa shape index (κ2) is 17.1. The number of hydrogen-bond acceptors (Lipinski definition) is 6. The minimum atomic E-state index is -3.78. The Bertz CT molecular complexity index is 2210. The van der Waals surface area contributed by atoms with Gasteiger partial charge in [-0.2, -0.15) is 8.61 Å². The van der Waals surface area contributed by atoms with E-state index in [0.717, 1.165) is 56.7 Å². The standard InChI is InChI=1S/C19H20F2N2O3S.C19H21FN2O3S/c1-13-11-14(5-7-17(13)20)22-19(24)16-12-15(6-8-18(16)21)27(25,26)23-9-3-2-4-10-23;1-14-12-16(8-9-18(14)20)21-19(23)15-6-5-7-17(13-15)26(24,25)22-10-3-2-4-11-22/h5-8,11-12H,2-4,9-10H2,1H3,(H,22,24);5-9,12-13H,2-4,10-11H2,1H3,(H,21,23). The lowest BCUT2D eigenvalue weighted by atomic mass is 10.1. The summed E-state index contributed by atoms with van der Waals surface area (Å²) in [5.74, 6) is -2.84. The Morgan fingerprint density at radius 3 is 1.49 bits per heavy atom. The molecule has 0 spiro atoms. The van der Waals surface area contributed by atoms with E-state index in [9.17, 15) is 39.6 Å². The molecule has 0 aliphatic carbocycles. The molecule has 0 aromatic heterocycles. The van der Waals surface area contributed by atoms with Crippen molar-refractivity contribution in [3.63, 3.8) is 0 Å². The first kappa shape index (κ1) is 39.6. The number of benzene rings is 4. The molecule has 0 radical (unpaired) electrons. The molecule has 4 aromatic rings. The van der Waals surface area contributed by atoms with E-state index < -0.39 is 43.5 Å². The number of nitrogens with zero attached hydrogens (tertiary/aromatic N) is 2. The van der Waals surface area contributed by atoms with Gasteiger partial charge in [0.1, 0.15) is 17.5 Å². The second-order valence-corrected chi connectivity index (χ2v) is 16.8. The fourth-order valence-electron chi connectivity index (χ4n) is 5.99. The van der Waals surface area contributed by atoms with Gasteiger partial charge >= 0.3 is 0 Å². The third-order valence-corrected chi connectivity index (χ3v) is 12.8. The van der Waals surface area contributed by atoms with Gasteiger partial charge in [-0.15, -0.1) is 0 Å². The van der Waals surface area contributed by atoms with Gasteiger partial charge < -0.3 is 10.6 Å². The van der Waals surface area contributed by atoms with Gasteiger partial charge in [0.2, 0.25) is 20.0 Å². The summed E-state index contributed by atoms with van der Waals surface area (Å²) in [6, 6.07) is 17.4. The zero-order valence-electron chi connectivity index (χ0n) is 29.4. The normalized spacial score (nSPS) is 15.6. The number of carbonyl (C=O) groups excluding carboxylic acids is 2. The Hall–Kier alpha value is -4.57. The van der Waals surface area contributed by atoms with Crippen molar-refractivity contribution in [2.45, 2.75) is 62.2 Å². The van der Waals surface area contributed by atoms with Gasteiger partial charge in [0, 0.05) is 43.1 Å². The predicted molar refractivity (Wildman–Crippen MR) is 196 cm³/mol. The van der Waals surface area contributed by atoms with Gasteiger partial charge in [-0.1, -0.05) is 18.9 Å². The highest BCUT2D eigenvalue weighted by Crippen LogP contribution is 2.25. The van der Waals surface area contributed by atoms with Gasteiger partial charge in [0.15, 0.2) is 0 Å².